The number of amides is 1. The van der Waals surface area contributed by atoms with Crippen molar-refractivity contribution in [1.82, 2.24) is 10.3 Å². The first-order chi connectivity index (χ1) is 13.4. The zero-order valence-corrected chi connectivity index (χ0v) is 16.5. The summed E-state index contributed by atoms with van der Waals surface area (Å²) >= 11 is 0. The van der Waals surface area contributed by atoms with Gasteiger partial charge in [-0.1, -0.05) is 30.3 Å². The van der Waals surface area contributed by atoms with Crippen molar-refractivity contribution < 1.29 is 13.2 Å². The van der Waals surface area contributed by atoms with Crippen LogP contribution in [0.1, 0.15) is 21.5 Å². The molecular weight excluding hydrogens is 374 g/mol. The Morgan fingerprint density at radius 3 is 2.50 bits per heavy atom. The van der Waals surface area contributed by atoms with Crippen molar-refractivity contribution in [3.05, 3.63) is 89.7 Å². The van der Waals surface area contributed by atoms with Crippen LogP contribution in [0.4, 0.5) is 5.69 Å². The van der Waals surface area contributed by atoms with Crippen LogP contribution in [-0.4, -0.2) is 26.4 Å². The Hall–Kier alpha value is -3.19. The third kappa shape index (κ3) is 4.20. The summed E-state index contributed by atoms with van der Waals surface area (Å²) < 4.78 is 27.0. The summed E-state index contributed by atoms with van der Waals surface area (Å²) in [6.45, 7) is 2.15. The molecular formula is C21H21N3O3S. The maximum atomic E-state index is 12.9. The first kappa shape index (κ1) is 19.6. The van der Waals surface area contributed by atoms with Crippen molar-refractivity contribution in [3.63, 3.8) is 0 Å². The van der Waals surface area contributed by atoms with Gasteiger partial charge in [-0.15, -0.1) is 0 Å². The van der Waals surface area contributed by atoms with Gasteiger partial charge in [0.25, 0.3) is 15.9 Å². The number of carbonyl (C=O) groups is 1. The fourth-order valence-corrected chi connectivity index (χ4v) is 4.03. The topological polar surface area (TPSA) is 79.4 Å². The van der Waals surface area contributed by atoms with E-state index < -0.39 is 10.0 Å². The summed E-state index contributed by atoms with van der Waals surface area (Å²) in [6.07, 6.45) is 3.35. The molecule has 6 nitrogen and oxygen atoms in total. The highest BCUT2D eigenvalue weighted by atomic mass is 32.2. The lowest BCUT2D eigenvalue weighted by Gasteiger charge is -2.22. The van der Waals surface area contributed by atoms with Gasteiger partial charge in [-0.25, -0.2) is 8.42 Å². The summed E-state index contributed by atoms with van der Waals surface area (Å²) in [5.41, 5.74) is 2.48. The molecule has 0 unspecified atom stereocenters. The molecule has 0 atom stereocenters. The first-order valence-corrected chi connectivity index (χ1v) is 10.2. The summed E-state index contributed by atoms with van der Waals surface area (Å²) in [5.74, 6) is -0.282. The molecule has 2 aromatic carbocycles. The molecule has 0 fully saturated rings. The number of hydrogen-bond donors (Lipinski definition) is 1. The van der Waals surface area contributed by atoms with Crippen LogP contribution in [-0.2, 0) is 16.6 Å². The molecule has 3 aromatic rings. The SMILES string of the molecule is Cc1ccc(C(=O)NCc2cccnc2)cc1N(C)S(=O)(=O)c1ccccc1. The Labute approximate surface area is 164 Å². The average molecular weight is 395 g/mol. The van der Waals surface area contributed by atoms with Crippen LogP contribution in [0.2, 0.25) is 0 Å². The van der Waals surface area contributed by atoms with E-state index in [1.807, 2.05) is 13.0 Å². The monoisotopic (exact) mass is 395 g/mol. The van der Waals surface area contributed by atoms with Crippen molar-refractivity contribution in [2.24, 2.45) is 0 Å². The molecule has 0 saturated carbocycles. The summed E-state index contributed by atoms with van der Waals surface area (Å²) in [7, 11) is -2.23. The molecule has 0 aliphatic heterocycles. The minimum atomic E-state index is -3.72. The number of nitrogens with zero attached hydrogens (tertiary/aromatic N) is 2. The number of hydrogen-bond acceptors (Lipinski definition) is 4. The molecule has 7 heteroatoms. The van der Waals surface area contributed by atoms with Crippen molar-refractivity contribution in [3.8, 4) is 0 Å². The second-order valence-electron chi connectivity index (χ2n) is 6.33. The van der Waals surface area contributed by atoms with Crippen LogP contribution in [0.25, 0.3) is 0 Å². The van der Waals surface area contributed by atoms with Crippen LogP contribution < -0.4 is 9.62 Å². The normalized spacial score (nSPS) is 11.1. The van der Waals surface area contributed by atoms with E-state index >= 15 is 0 Å². The minimum absolute atomic E-state index is 0.198. The highest BCUT2D eigenvalue weighted by Crippen LogP contribution is 2.26. The predicted octanol–water partition coefficient (Wildman–Crippen LogP) is 3.15. The molecule has 0 bridgehead atoms. The lowest BCUT2D eigenvalue weighted by atomic mass is 10.1. The third-order valence-electron chi connectivity index (χ3n) is 4.39. The third-order valence-corrected chi connectivity index (χ3v) is 6.17. The zero-order valence-electron chi connectivity index (χ0n) is 15.7. The van der Waals surface area contributed by atoms with Gasteiger partial charge in [-0.05, 0) is 48.4 Å². The highest BCUT2D eigenvalue weighted by Gasteiger charge is 2.23. The summed E-state index contributed by atoms with van der Waals surface area (Å²) in [5, 5.41) is 2.82. The van der Waals surface area contributed by atoms with Gasteiger partial charge >= 0.3 is 0 Å². The first-order valence-electron chi connectivity index (χ1n) is 8.71. The molecule has 0 saturated heterocycles. The summed E-state index contributed by atoms with van der Waals surface area (Å²) in [6, 6.07) is 16.9. The van der Waals surface area contributed by atoms with Crippen molar-refractivity contribution in [1.29, 1.82) is 0 Å². The number of benzene rings is 2. The molecule has 28 heavy (non-hydrogen) atoms. The molecule has 144 valence electrons. The van der Waals surface area contributed by atoms with Crippen LogP contribution in [0, 0.1) is 6.92 Å². The van der Waals surface area contributed by atoms with Crippen molar-refractivity contribution in [2.75, 3.05) is 11.4 Å². The Balaban J connectivity index is 1.84. The highest BCUT2D eigenvalue weighted by molar-refractivity contribution is 7.92. The average Bonchev–Trinajstić information content (AvgIpc) is 2.73. The fourth-order valence-electron chi connectivity index (χ4n) is 2.76. The van der Waals surface area contributed by atoms with Gasteiger partial charge < -0.3 is 5.32 Å². The maximum Gasteiger partial charge on any atom is 0.264 e. The van der Waals surface area contributed by atoms with E-state index in [2.05, 4.69) is 10.3 Å². The van der Waals surface area contributed by atoms with E-state index in [1.165, 1.54) is 11.4 Å². The van der Waals surface area contributed by atoms with Gasteiger partial charge in [-0.2, -0.15) is 0 Å². The number of nitrogens with one attached hydrogen (secondary N) is 1. The Morgan fingerprint density at radius 2 is 1.82 bits per heavy atom. The van der Waals surface area contributed by atoms with Gasteiger partial charge in [0.15, 0.2) is 0 Å². The van der Waals surface area contributed by atoms with E-state index in [4.69, 9.17) is 0 Å². The van der Waals surface area contributed by atoms with Crippen molar-refractivity contribution >= 4 is 21.6 Å². The molecule has 0 aliphatic rings. The standard InChI is InChI=1S/C21H21N3O3S/c1-16-10-11-18(21(25)23-15-17-7-6-12-22-14-17)13-20(16)24(2)28(26,27)19-8-4-3-5-9-19/h3-14H,15H2,1-2H3,(H,23,25). The lowest BCUT2D eigenvalue weighted by Crippen LogP contribution is -2.28. The van der Waals surface area contributed by atoms with E-state index in [1.54, 1.807) is 67.0 Å². The number of aromatic nitrogens is 1. The van der Waals surface area contributed by atoms with E-state index in [9.17, 15) is 13.2 Å². The molecule has 1 aromatic heterocycles. The number of sulfonamides is 1. The molecule has 1 N–H and O–H groups in total. The molecule has 3 rings (SSSR count). The second kappa shape index (κ2) is 8.22. The number of anilines is 1. The van der Waals surface area contributed by atoms with Crippen LogP contribution >= 0.6 is 0 Å². The van der Waals surface area contributed by atoms with Gasteiger partial charge in [-0.3, -0.25) is 14.1 Å². The molecule has 1 heterocycles. The molecule has 0 aliphatic carbocycles. The van der Waals surface area contributed by atoms with Gasteiger partial charge in [0, 0.05) is 31.5 Å². The van der Waals surface area contributed by atoms with Crippen LogP contribution in [0.5, 0.6) is 0 Å². The summed E-state index contributed by atoms with van der Waals surface area (Å²) in [4.78, 5) is 16.7. The Bertz CT molecular complexity index is 1070. The molecule has 1 amide bonds. The van der Waals surface area contributed by atoms with Gasteiger partial charge in [0.05, 0.1) is 10.6 Å². The zero-order chi connectivity index (χ0) is 20.1. The van der Waals surface area contributed by atoms with E-state index in [0.29, 0.717) is 17.8 Å². The predicted molar refractivity (Wildman–Crippen MR) is 109 cm³/mol. The fraction of sp³-hybridized carbons (Fsp3) is 0.143. The Morgan fingerprint density at radius 1 is 1.07 bits per heavy atom. The number of aryl methyl sites for hydroxylation is 1. The maximum absolute atomic E-state index is 12.9. The van der Waals surface area contributed by atoms with Gasteiger partial charge in [0.2, 0.25) is 0 Å². The second-order valence-corrected chi connectivity index (χ2v) is 8.30. The van der Waals surface area contributed by atoms with Crippen LogP contribution in [0.3, 0.4) is 0 Å². The van der Waals surface area contributed by atoms with E-state index in [0.717, 1.165) is 11.1 Å². The largest absolute Gasteiger partial charge is 0.348 e. The Kier molecular flexibility index (Phi) is 5.75. The van der Waals surface area contributed by atoms with Crippen molar-refractivity contribution in [2.45, 2.75) is 18.4 Å². The van der Waals surface area contributed by atoms with E-state index in [-0.39, 0.29) is 10.8 Å². The quantitative estimate of drug-likeness (QED) is 0.695. The number of carbonyl (C=O) groups excluding carboxylic acids is 1. The lowest BCUT2D eigenvalue weighted by molar-refractivity contribution is 0.0951. The number of pyridine rings is 1. The molecule has 0 spiro atoms. The smallest absolute Gasteiger partial charge is 0.264 e. The van der Waals surface area contributed by atoms with Crippen LogP contribution in [0.15, 0.2) is 78.0 Å². The molecule has 0 radical (unpaired) electrons. The number of rotatable bonds is 6. The minimum Gasteiger partial charge on any atom is -0.348 e. The van der Waals surface area contributed by atoms with Gasteiger partial charge in [0.1, 0.15) is 0 Å².